The van der Waals surface area contributed by atoms with Crippen molar-refractivity contribution in [3.8, 4) is 0 Å². The molecule has 0 bridgehead atoms. The van der Waals surface area contributed by atoms with Crippen LogP contribution in [0.4, 0.5) is 4.79 Å². The molecule has 0 aliphatic carbocycles. The predicted molar refractivity (Wildman–Crippen MR) is 60.1 cm³/mol. The van der Waals surface area contributed by atoms with Gasteiger partial charge in [-0.25, -0.2) is 9.59 Å². The summed E-state index contributed by atoms with van der Waals surface area (Å²) in [6.45, 7) is 6.68. The number of carbonyl (C=O) groups excluding carboxylic acids is 3. The molecule has 0 rings (SSSR count). The Morgan fingerprint density at radius 2 is 1.47 bits per heavy atom. The lowest BCUT2D eigenvalue weighted by atomic mass is 10.4. The molecule has 6 nitrogen and oxygen atoms in total. The van der Waals surface area contributed by atoms with Crippen molar-refractivity contribution in [2.45, 2.75) is 39.9 Å². The highest BCUT2D eigenvalue weighted by molar-refractivity contribution is 6.01. The third-order valence-electron chi connectivity index (χ3n) is 1.29. The maximum Gasteiger partial charge on any atom is 0.414 e. The van der Waals surface area contributed by atoms with Gasteiger partial charge in [-0.05, 0) is 27.7 Å². The van der Waals surface area contributed by atoms with Gasteiger partial charge in [0.25, 0.3) is 5.91 Å². The van der Waals surface area contributed by atoms with E-state index in [4.69, 9.17) is 4.74 Å². The highest BCUT2D eigenvalue weighted by atomic mass is 16.6. The Hall–Kier alpha value is -1.85. The van der Waals surface area contributed by atoms with E-state index in [2.05, 4.69) is 4.74 Å². The quantitative estimate of drug-likeness (QED) is 0.591. The molecule has 0 aliphatic heterocycles. The maximum atomic E-state index is 11.1. The summed E-state index contributed by atoms with van der Waals surface area (Å²) in [7, 11) is 0. The number of carbonyl (C=O) groups is 3. The van der Waals surface area contributed by atoms with Gasteiger partial charge in [0.1, 0.15) is 0 Å². The zero-order chi connectivity index (χ0) is 13.4. The number of ether oxygens (including phenoxy) is 2. The fourth-order valence-electron chi connectivity index (χ4n) is 0.801. The molecule has 0 saturated carbocycles. The largest absolute Gasteiger partial charge is 0.460 e. The molecule has 6 heteroatoms. The normalized spacial score (nSPS) is 10.7. The summed E-state index contributed by atoms with van der Waals surface area (Å²) in [5.74, 6) is -1.39. The topological polar surface area (TPSA) is 81.7 Å². The zero-order valence-electron chi connectivity index (χ0n) is 10.4. The Bertz CT molecular complexity index is 320. The summed E-state index contributed by atoms with van der Waals surface area (Å²) in [6.07, 6.45) is 0.412. The minimum Gasteiger partial charge on any atom is -0.460 e. The molecule has 2 amide bonds. The van der Waals surface area contributed by atoms with Crippen LogP contribution >= 0.6 is 0 Å². The van der Waals surface area contributed by atoms with Crippen LogP contribution in [0.15, 0.2) is 12.2 Å². The standard InChI is InChI=1S/C11H17NO5/c1-7(2)16-10(14)6-5-9(13)12-11(15)17-8(3)4/h5-8H,1-4H3,(H,12,13,15)/b6-5+. The molecule has 0 atom stereocenters. The van der Waals surface area contributed by atoms with Gasteiger partial charge in [0.15, 0.2) is 0 Å². The highest BCUT2D eigenvalue weighted by Gasteiger charge is 2.08. The molecule has 0 fully saturated rings. The smallest absolute Gasteiger partial charge is 0.414 e. The molecule has 0 radical (unpaired) electrons. The molecular formula is C11H17NO5. The van der Waals surface area contributed by atoms with Crippen molar-refractivity contribution in [1.29, 1.82) is 0 Å². The Morgan fingerprint density at radius 3 is 1.94 bits per heavy atom. The minimum atomic E-state index is -0.855. The van der Waals surface area contributed by atoms with E-state index in [1.165, 1.54) is 0 Å². The summed E-state index contributed by atoms with van der Waals surface area (Å²) < 4.78 is 9.42. The van der Waals surface area contributed by atoms with Crippen molar-refractivity contribution in [3.63, 3.8) is 0 Å². The number of imide groups is 1. The number of alkyl carbamates (subject to hydrolysis) is 1. The fraction of sp³-hybridized carbons (Fsp3) is 0.545. The van der Waals surface area contributed by atoms with Gasteiger partial charge in [0.2, 0.25) is 0 Å². The van der Waals surface area contributed by atoms with E-state index in [1.54, 1.807) is 27.7 Å². The molecule has 0 aromatic carbocycles. The average molecular weight is 243 g/mol. The van der Waals surface area contributed by atoms with Crippen molar-refractivity contribution >= 4 is 18.0 Å². The van der Waals surface area contributed by atoms with Crippen LogP contribution in [0.3, 0.4) is 0 Å². The first kappa shape index (κ1) is 15.2. The number of esters is 1. The van der Waals surface area contributed by atoms with Crippen molar-refractivity contribution < 1.29 is 23.9 Å². The van der Waals surface area contributed by atoms with Crippen LogP contribution in [0.5, 0.6) is 0 Å². The maximum absolute atomic E-state index is 11.1. The van der Waals surface area contributed by atoms with Gasteiger partial charge in [0, 0.05) is 12.2 Å². The third kappa shape index (κ3) is 9.10. The van der Waals surface area contributed by atoms with E-state index in [-0.39, 0.29) is 12.2 Å². The number of hydrogen-bond acceptors (Lipinski definition) is 5. The number of rotatable bonds is 4. The number of nitrogens with one attached hydrogen (secondary N) is 1. The number of amides is 2. The Balaban J connectivity index is 4.05. The first-order chi connectivity index (χ1) is 7.81. The molecule has 0 spiro atoms. The molecule has 0 heterocycles. The SMILES string of the molecule is CC(C)OC(=O)/C=C/C(=O)NC(=O)OC(C)C. The molecule has 1 N–H and O–H groups in total. The van der Waals surface area contributed by atoms with Crippen molar-refractivity contribution in [1.82, 2.24) is 5.32 Å². The summed E-state index contributed by atoms with van der Waals surface area (Å²) in [4.78, 5) is 33.1. The molecule has 0 aromatic rings. The van der Waals surface area contributed by atoms with E-state index in [0.29, 0.717) is 0 Å². The summed E-state index contributed by atoms with van der Waals surface area (Å²) in [5, 5.41) is 1.93. The van der Waals surface area contributed by atoms with Crippen LogP contribution in [0.25, 0.3) is 0 Å². The lowest BCUT2D eigenvalue weighted by Crippen LogP contribution is -2.31. The van der Waals surface area contributed by atoms with E-state index in [9.17, 15) is 14.4 Å². The second kappa shape index (κ2) is 7.43. The van der Waals surface area contributed by atoms with E-state index in [0.717, 1.165) is 12.2 Å². The molecule has 17 heavy (non-hydrogen) atoms. The van der Waals surface area contributed by atoms with Crippen LogP contribution in [0.1, 0.15) is 27.7 Å². The Labute approximate surface area is 100.0 Å². The second-order valence-electron chi connectivity index (χ2n) is 3.76. The van der Waals surface area contributed by atoms with E-state index < -0.39 is 18.0 Å². The predicted octanol–water partition coefficient (Wildman–Crippen LogP) is 1.16. The van der Waals surface area contributed by atoms with Crippen molar-refractivity contribution in [2.24, 2.45) is 0 Å². The van der Waals surface area contributed by atoms with Gasteiger partial charge < -0.3 is 9.47 Å². The molecule has 0 saturated heterocycles. The molecule has 0 aliphatic rings. The van der Waals surface area contributed by atoms with Gasteiger partial charge in [0.05, 0.1) is 12.2 Å². The minimum absolute atomic E-state index is 0.263. The van der Waals surface area contributed by atoms with Gasteiger partial charge in [-0.3, -0.25) is 10.1 Å². The van der Waals surface area contributed by atoms with Crippen LogP contribution in [-0.4, -0.2) is 30.2 Å². The van der Waals surface area contributed by atoms with Crippen LogP contribution < -0.4 is 5.32 Å². The van der Waals surface area contributed by atoms with Crippen LogP contribution in [0.2, 0.25) is 0 Å². The van der Waals surface area contributed by atoms with Crippen molar-refractivity contribution in [3.05, 3.63) is 12.2 Å². The lowest BCUT2D eigenvalue weighted by molar-refractivity contribution is -0.141. The van der Waals surface area contributed by atoms with Crippen molar-refractivity contribution in [2.75, 3.05) is 0 Å². The molecule has 0 aromatic heterocycles. The van der Waals surface area contributed by atoms with Gasteiger partial charge >= 0.3 is 12.1 Å². The average Bonchev–Trinajstić information content (AvgIpc) is 2.12. The van der Waals surface area contributed by atoms with Crippen LogP contribution in [-0.2, 0) is 19.1 Å². The second-order valence-corrected chi connectivity index (χ2v) is 3.76. The zero-order valence-corrected chi connectivity index (χ0v) is 10.4. The van der Waals surface area contributed by atoms with Gasteiger partial charge in [-0.1, -0.05) is 0 Å². The fourth-order valence-corrected chi connectivity index (χ4v) is 0.801. The van der Waals surface area contributed by atoms with E-state index >= 15 is 0 Å². The Kier molecular flexibility index (Phi) is 6.62. The van der Waals surface area contributed by atoms with Gasteiger partial charge in [-0.2, -0.15) is 0 Å². The third-order valence-corrected chi connectivity index (χ3v) is 1.29. The monoisotopic (exact) mass is 243 g/mol. The lowest BCUT2D eigenvalue weighted by Gasteiger charge is -2.07. The summed E-state index contributed by atoms with van der Waals surface area (Å²) in [5.41, 5.74) is 0. The molecule has 96 valence electrons. The summed E-state index contributed by atoms with van der Waals surface area (Å²) in [6, 6.07) is 0. The molecular weight excluding hydrogens is 226 g/mol. The highest BCUT2D eigenvalue weighted by Crippen LogP contribution is 1.91. The first-order valence-electron chi connectivity index (χ1n) is 5.21. The Morgan fingerprint density at radius 1 is 0.941 bits per heavy atom. The first-order valence-corrected chi connectivity index (χ1v) is 5.21. The summed E-state index contributed by atoms with van der Waals surface area (Å²) >= 11 is 0. The van der Waals surface area contributed by atoms with Crippen LogP contribution in [0, 0.1) is 0 Å². The molecule has 0 unspecified atom stereocenters. The van der Waals surface area contributed by atoms with E-state index in [1.807, 2.05) is 5.32 Å². The van der Waals surface area contributed by atoms with Gasteiger partial charge in [-0.15, -0.1) is 0 Å². The number of hydrogen-bond donors (Lipinski definition) is 1.